The third-order valence-electron chi connectivity index (χ3n) is 4.42. The van der Waals surface area contributed by atoms with Gasteiger partial charge in [-0.05, 0) is 53.8 Å². The van der Waals surface area contributed by atoms with E-state index in [2.05, 4.69) is 0 Å². The quantitative estimate of drug-likeness (QED) is 0.723. The first-order valence-electron chi connectivity index (χ1n) is 7.98. The Kier molecular flexibility index (Phi) is 4.54. The number of hydrogen-bond donors (Lipinski definition) is 0. The highest BCUT2D eigenvalue weighted by Crippen LogP contribution is 2.32. The summed E-state index contributed by atoms with van der Waals surface area (Å²) in [5.74, 6) is -0.536. The van der Waals surface area contributed by atoms with Crippen LogP contribution in [-0.2, 0) is 23.9 Å². The predicted octanol–water partition coefficient (Wildman–Crippen LogP) is 4.62. The van der Waals surface area contributed by atoms with Gasteiger partial charge in [-0.3, -0.25) is 4.79 Å². The molecule has 1 aliphatic heterocycles. The topological polar surface area (TPSA) is 20.3 Å². The van der Waals surface area contributed by atoms with Crippen molar-refractivity contribution in [3.8, 4) is 11.1 Å². The van der Waals surface area contributed by atoms with E-state index >= 15 is 0 Å². The molecule has 2 nitrogen and oxygen atoms in total. The minimum Gasteiger partial charge on any atom is -0.336 e. The van der Waals surface area contributed by atoms with Crippen LogP contribution in [0, 0.1) is 0 Å². The van der Waals surface area contributed by atoms with Crippen molar-refractivity contribution in [2.75, 3.05) is 6.54 Å². The average Bonchev–Trinajstić information content (AvgIpc) is 2.59. The first-order chi connectivity index (χ1) is 11.8. The number of alkyl halides is 4. The molecule has 0 radical (unpaired) electrons. The maximum atomic E-state index is 13.3. The number of rotatable bonds is 2. The molecule has 0 unspecified atom stereocenters. The average molecular weight is 351 g/mol. The summed E-state index contributed by atoms with van der Waals surface area (Å²) in [6.07, 6.45) is -5.26. The zero-order valence-electron chi connectivity index (χ0n) is 13.6. The maximum absolute atomic E-state index is 13.3. The fourth-order valence-corrected chi connectivity index (χ4v) is 3.03. The molecule has 0 aromatic heterocycles. The van der Waals surface area contributed by atoms with E-state index in [1.54, 1.807) is 0 Å². The molecule has 25 heavy (non-hydrogen) atoms. The molecule has 3 rings (SSSR count). The Bertz CT molecular complexity index is 781. The van der Waals surface area contributed by atoms with Crippen molar-refractivity contribution in [2.45, 2.75) is 32.2 Å². The van der Waals surface area contributed by atoms with Crippen LogP contribution in [-0.4, -0.2) is 23.5 Å². The summed E-state index contributed by atoms with van der Waals surface area (Å²) in [5, 5.41) is 0. The molecule has 1 heterocycles. The van der Waals surface area contributed by atoms with Gasteiger partial charge in [0.15, 0.2) is 6.17 Å². The summed E-state index contributed by atoms with van der Waals surface area (Å²) in [5.41, 5.74) is 2.72. The summed E-state index contributed by atoms with van der Waals surface area (Å²) in [6.45, 7) is 2.01. The summed E-state index contributed by atoms with van der Waals surface area (Å²) in [6, 6.07) is 10.6. The van der Waals surface area contributed by atoms with Gasteiger partial charge in [0.05, 0.1) is 5.56 Å². The van der Waals surface area contributed by atoms with E-state index in [-0.39, 0.29) is 0 Å². The largest absolute Gasteiger partial charge is 0.416 e. The number of nitrogens with zero attached hydrogens (tertiary/aromatic N) is 1. The highest BCUT2D eigenvalue weighted by Gasteiger charge is 2.30. The summed E-state index contributed by atoms with van der Waals surface area (Å²) < 4.78 is 51.2. The third-order valence-corrected chi connectivity index (χ3v) is 4.42. The zero-order valence-corrected chi connectivity index (χ0v) is 13.6. The van der Waals surface area contributed by atoms with Crippen molar-refractivity contribution in [3.63, 3.8) is 0 Å². The molecular weight excluding hydrogens is 334 g/mol. The summed E-state index contributed by atoms with van der Waals surface area (Å²) >= 11 is 0. The monoisotopic (exact) mass is 351 g/mol. The number of halogens is 4. The van der Waals surface area contributed by atoms with Crippen molar-refractivity contribution in [1.82, 2.24) is 4.90 Å². The first-order valence-corrected chi connectivity index (χ1v) is 7.98. The molecule has 132 valence electrons. The molecular formula is C19H17F4NO. The molecule has 6 heteroatoms. The minimum absolute atomic E-state index is 0.316. The zero-order chi connectivity index (χ0) is 18.2. The molecule has 2 aromatic rings. The summed E-state index contributed by atoms with van der Waals surface area (Å²) in [7, 11) is 0. The van der Waals surface area contributed by atoms with Crippen molar-refractivity contribution in [2.24, 2.45) is 0 Å². The standard InChI is InChI=1S/C19H17F4NO/c1-12(20)18(25)24-9-8-14-2-3-15(10-16(14)11-24)13-4-6-17(7-5-13)19(21,22)23/h2-7,10,12H,8-9,11H2,1H3/t12-/m1/s1. The molecule has 0 N–H and O–H groups in total. The van der Waals surface area contributed by atoms with Crippen LogP contribution in [0.3, 0.4) is 0 Å². The lowest BCUT2D eigenvalue weighted by atomic mass is 9.94. The number of hydrogen-bond acceptors (Lipinski definition) is 1. The van der Waals surface area contributed by atoms with E-state index in [9.17, 15) is 22.4 Å². The minimum atomic E-state index is -4.36. The molecule has 0 saturated carbocycles. The first kappa shape index (κ1) is 17.5. The second-order valence-electron chi connectivity index (χ2n) is 6.18. The SMILES string of the molecule is C[C@@H](F)C(=O)N1CCc2ccc(-c3ccc(C(F)(F)F)cc3)cc2C1. The molecule has 0 fully saturated rings. The predicted molar refractivity (Wildman–Crippen MR) is 86.6 cm³/mol. The normalized spacial score (nSPS) is 15.6. The van der Waals surface area contributed by atoms with Crippen LogP contribution in [0.15, 0.2) is 42.5 Å². The maximum Gasteiger partial charge on any atom is 0.416 e. The molecule has 1 aliphatic rings. The Morgan fingerprint density at radius 3 is 2.28 bits per heavy atom. The fraction of sp³-hybridized carbons (Fsp3) is 0.316. The van der Waals surface area contributed by atoms with Gasteiger partial charge in [-0.1, -0.05) is 24.3 Å². The summed E-state index contributed by atoms with van der Waals surface area (Å²) in [4.78, 5) is 13.3. The van der Waals surface area contributed by atoms with E-state index in [0.717, 1.165) is 28.8 Å². The number of fused-ring (bicyclic) bond motifs is 1. The molecule has 0 spiro atoms. The second-order valence-corrected chi connectivity index (χ2v) is 6.18. The third kappa shape index (κ3) is 3.67. The van der Waals surface area contributed by atoms with Gasteiger partial charge >= 0.3 is 6.18 Å². The lowest BCUT2D eigenvalue weighted by Gasteiger charge is -2.29. The van der Waals surface area contributed by atoms with Crippen LogP contribution >= 0.6 is 0 Å². The number of benzene rings is 2. The van der Waals surface area contributed by atoms with Crippen molar-refractivity contribution in [3.05, 3.63) is 59.2 Å². The number of amides is 1. The second kappa shape index (κ2) is 6.50. The Balaban J connectivity index is 1.86. The van der Waals surface area contributed by atoms with Gasteiger partial charge in [0, 0.05) is 13.1 Å². The van der Waals surface area contributed by atoms with Crippen LogP contribution in [0.25, 0.3) is 11.1 Å². The Hall–Kier alpha value is -2.37. The van der Waals surface area contributed by atoms with Crippen LogP contribution in [0.2, 0.25) is 0 Å². The lowest BCUT2D eigenvalue weighted by molar-refractivity contribution is -0.138. The molecule has 0 bridgehead atoms. The van der Waals surface area contributed by atoms with Gasteiger partial charge in [-0.25, -0.2) is 4.39 Å². The van der Waals surface area contributed by atoms with E-state index in [1.807, 2.05) is 18.2 Å². The van der Waals surface area contributed by atoms with Crippen LogP contribution < -0.4 is 0 Å². The van der Waals surface area contributed by atoms with E-state index < -0.39 is 23.8 Å². The van der Waals surface area contributed by atoms with E-state index in [0.29, 0.717) is 25.1 Å². The van der Waals surface area contributed by atoms with Gasteiger partial charge in [0.2, 0.25) is 0 Å². The van der Waals surface area contributed by atoms with Gasteiger partial charge < -0.3 is 4.90 Å². The van der Waals surface area contributed by atoms with Crippen LogP contribution in [0.4, 0.5) is 17.6 Å². The highest BCUT2D eigenvalue weighted by molar-refractivity contribution is 5.80. The van der Waals surface area contributed by atoms with Gasteiger partial charge in [0.25, 0.3) is 5.91 Å². The lowest BCUT2D eigenvalue weighted by Crippen LogP contribution is -2.39. The number of carbonyl (C=O) groups excluding carboxylic acids is 1. The Morgan fingerprint density at radius 1 is 1.04 bits per heavy atom. The molecule has 0 saturated heterocycles. The number of carbonyl (C=O) groups is 1. The molecule has 1 atom stereocenters. The van der Waals surface area contributed by atoms with E-state index in [4.69, 9.17) is 0 Å². The van der Waals surface area contributed by atoms with Gasteiger partial charge in [0.1, 0.15) is 0 Å². The molecule has 0 aliphatic carbocycles. The Morgan fingerprint density at radius 2 is 1.68 bits per heavy atom. The smallest absolute Gasteiger partial charge is 0.336 e. The van der Waals surface area contributed by atoms with Gasteiger partial charge in [-0.15, -0.1) is 0 Å². The van der Waals surface area contributed by atoms with Crippen molar-refractivity contribution in [1.29, 1.82) is 0 Å². The van der Waals surface area contributed by atoms with Gasteiger partial charge in [-0.2, -0.15) is 13.2 Å². The van der Waals surface area contributed by atoms with Crippen molar-refractivity contribution >= 4 is 5.91 Å². The molecule has 2 aromatic carbocycles. The fourth-order valence-electron chi connectivity index (χ4n) is 3.03. The van der Waals surface area contributed by atoms with Crippen LogP contribution in [0.5, 0.6) is 0 Å². The Labute approximate surface area is 143 Å². The van der Waals surface area contributed by atoms with E-state index in [1.165, 1.54) is 24.0 Å². The van der Waals surface area contributed by atoms with Crippen LogP contribution in [0.1, 0.15) is 23.6 Å². The highest BCUT2D eigenvalue weighted by atomic mass is 19.4. The molecule has 1 amide bonds. The van der Waals surface area contributed by atoms with Crippen molar-refractivity contribution < 1.29 is 22.4 Å².